The highest BCUT2D eigenvalue weighted by atomic mass is 15.0. The van der Waals surface area contributed by atoms with Gasteiger partial charge in [-0.3, -0.25) is 0 Å². The van der Waals surface area contributed by atoms with Crippen molar-refractivity contribution >= 4 is 10.9 Å². The van der Waals surface area contributed by atoms with Crippen molar-refractivity contribution in [2.24, 2.45) is 0 Å². The van der Waals surface area contributed by atoms with Gasteiger partial charge in [-0.15, -0.1) is 0 Å². The molecule has 0 amide bonds. The monoisotopic (exact) mass is 291 g/mol. The zero-order valence-corrected chi connectivity index (χ0v) is 13.6. The molecule has 0 saturated heterocycles. The fourth-order valence-corrected chi connectivity index (χ4v) is 3.24. The van der Waals surface area contributed by atoms with Gasteiger partial charge in [0.1, 0.15) is 0 Å². The summed E-state index contributed by atoms with van der Waals surface area (Å²) < 4.78 is 2.41. The normalized spacial score (nSPS) is 12.6. The summed E-state index contributed by atoms with van der Waals surface area (Å²) in [4.78, 5) is 0. The number of aromatic nitrogens is 1. The average Bonchev–Trinajstić information content (AvgIpc) is 2.93. The van der Waals surface area contributed by atoms with Crippen molar-refractivity contribution in [1.82, 2.24) is 4.57 Å². The van der Waals surface area contributed by atoms with Crippen LogP contribution in [0.5, 0.6) is 0 Å². The first-order valence-electron chi connectivity index (χ1n) is 8.41. The Morgan fingerprint density at radius 2 is 1.68 bits per heavy atom. The zero-order valence-electron chi connectivity index (χ0n) is 13.6. The molecule has 1 heteroatoms. The Hall–Kier alpha value is -2.02. The molecule has 1 heterocycles. The van der Waals surface area contributed by atoms with E-state index in [1.165, 1.54) is 41.3 Å². The van der Waals surface area contributed by atoms with E-state index in [9.17, 15) is 0 Å². The van der Waals surface area contributed by atoms with Crippen molar-refractivity contribution in [2.75, 3.05) is 0 Å². The highest BCUT2D eigenvalue weighted by Crippen LogP contribution is 2.31. The molecule has 3 aromatic rings. The van der Waals surface area contributed by atoms with Crippen LogP contribution in [0.15, 0.2) is 60.8 Å². The minimum Gasteiger partial charge on any atom is -0.343 e. The molecule has 1 aromatic heterocycles. The van der Waals surface area contributed by atoms with Gasteiger partial charge in [0.05, 0.1) is 0 Å². The van der Waals surface area contributed by atoms with Crippen LogP contribution in [-0.2, 0) is 6.54 Å². The van der Waals surface area contributed by atoms with E-state index in [2.05, 4.69) is 79.2 Å². The summed E-state index contributed by atoms with van der Waals surface area (Å²) in [6, 6.07) is 19.5. The van der Waals surface area contributed by atoms with Gasteiger partial charge >= 0.3 is 0 Å². The fourth-order valence-electron chi connectivity index (χ4n) is 3.24. The molecule has 0 saturated carbocycles. The minimum atomic E-state index is 0.627. The number of para-hydroxylation sites is 1. The molecule has 22 heavy (non-hydrogen) atoms. The van der Waals surface area contributed by atoms with E-state index >= 15 is 0 Å². The van der Waals surface area contributed by atoms with Gasteiger partial charge in [-0.25, -0.2) is 0 Å². The Morgan fingerprint density at radius 3 is 2.45 bits per heavy atom. The molecule has 0 N–H and O–H groups in total. The molecule has 1 atom stereocenters. The van der Waals surface area contributed by atoms with E-state index in [1.807, 2.05) is 0 Å². The molecule has 0 aliphatic carbocycles. The van der Waals surface area contributed by atoms with Gasteiger partial charge in [0.15, 0.2) is 0 Å². The van der Waals surface area contributed by atoms with Crippen LogP contribution in [0, 0.1) is 0 Å². The third-order valence-electron chi connectivity index (χ3n) is 4.54. The van der Waals surface area contributed by atoms with Crippen molar-refractivity contribution in [3.05, 3.63) is 71.9 Å². The molecule has 0 bridgehead atoms. The van der Waals surface area contributed by atoms with Crippen LogP contribution in [0.3, 0.4) is 0 Å². The molecule has 0 aliphatic rings. The molecule has 0 fully saturated rings. The Labute approximate surface area is 133 Å². The molecule has 0 spiro atoms. The summed E-state index contributed by atoms with van der Waals surface area (Å²) in [5.41, 5.74) is 4.21. The van der Waals surface area contributed by atoms with E-state index in [0.717, 1.165) is 6.54 Å². The topological polar surface area (TPSA) is 4.93 Å². The second-order valence-corrected chi connectivity index (χ2v) is 6.26. The van der Waals surface area contributed by atoms with Gasteiger partial charge in [-0.05, 0) is 29.5 Å². The van der Waals surface area contributed by atoms with Crippen LogP contribution < -0.4 is 0 Å². The molecule has 0 aliphatic heterocycles. The smallest absolute Gasteiger partial charge is 0.0486 e. The first-order valence-corrected chi connectivity index (χ1v) is 8.41. The predicted molar refractivity (Wildman–Crippen MR) is 95.4 cm³/mol. The van der Waals surface area contributed by atoms with Crippen LogP contribution in [0.25, 0.3) is 10.9 Å². The van der Waals surface area contributed by atoms with Crippen molar-refractivity contribution in [3.63, 3.8) is 0 Å². The summed E-state index contributed by atoms with van der Waals surface area (Å²) in [7, 11) is 0. The van der Waals surface area contributed by atoms with Crippen molar-refractivity contribution < 1.29 is 0 Å². The molecule has 3 rings (SSSR count). The zero-order chi connectivity index (χ0) is 15.4. The van der Waals surface area contributed by atoms with Gasteiger partial charge in [0.25, 0.3) is 0 Å². The van der Waals surface area contributed by atoms with Gasteiger partial charge in [-0.2, -0.15) is 0 Å². The lowest BCUT2D eigenvalue weighted by Gasteiger charge is -2.09. The Kier molecular flexibility index (Phi) is 4.62. The summed E-state index contributed by atoms with van der Waals surface area (Å²) in [5, 5.41) is 1.42. The van der Waals surface area contributed by atoms with E-state index in [0.29, 0.717) is 5.92 Å². The third-order valence-corrected chi connectivity index (χ3v) is 4.54. The minimum absolute atomic E-state index is 0.627. The number of hydrogen-bond acceptors (Lipinski definition) is 0. The van der Waals surface area contributed by atoms with Crippen molar-refractivity contribution in [3.8, 4) is 0 Å². The first-order chi connectivity index (χ1) is 10.8. The van der Waals surface area contributed by atoms with Crippen molar-refractivity contribution in [1.29, 1.82) is 0 Å². The maximum atomic E-state index is 2.41. The number of benzene rings is 2. The first kappa shape index (κ1) is 14.9. The van der Waals surface area contributed by atoms with Gasteiger partial charge < -0.3 is 4.57 Å². The van der Waals surface area contributed by atoms with Crippen molar-refractivity contribution in [2.45, 2.75) is 45.6 Å². The fraction of sp³-hybridized carbons (Fsp3) is 0.333. The van der Waals surface area contributed by atoms with Gasteiger partial charge in [0.2, 0.25) is 0 Å². The molecular formula is C21H25N. The van der Waals surface area contributed by atoms with Crippen LogP contribution >= 0.6 is 0 Å². The SMILES string of the molecule is CCCC[C@H](C)c1cn(Cc2ccccc2)c2ccccc12. The lowest BCUT2D eigenvalue weighted by atomic mass is 9.95. The average molecular weight is 291 g/mol. The second kappa shape index (κ2) is 6.83. The molecule has 1 nitrogen and oxygen atoms in total. The quantitative estimate of drug-likeness (QED) is 0.526. The molecule has 0 unspecified atom stereocenters. The molecule has 0 radical (unpaired) electrons. The third kappa shape index (κ3) is 3.09. The predicted octanol–water partition coefficient (Wildman–Crippen LogP) is 5.98. The number of unbranched alkanes of at least 4 members (excludes halogenated alkanes) is 1. The lowest BCUT2D eigenvalue weighted by Crippen LogP contribution is -1.98. The number of rotatable bonds is 6. The standard InChI is InChI=1S/C21H25N/c1-3-4-10-17(2)20-16-22(15-18-11-6-5-7-12-18)21-14-9-8-13-19(20)21/h5-9,11-14,16-17H,3-4,10,15H2,1-2H3/t17-/m0/s1. The van der Waals surface area contributed by atoms with Crippen LogP contribution in [0.1, 0.15) is 50.2 Å². The van der Waals surface area contributed by atoms with Crippen LogP contribution in [0.4, 0.5) is 0 Å². The Bertz CT molecular complexity index is 724. The molecular weight excluding hydrogens is 266 g/mol. The maximum absolute atomic E-state index is 2.41. The molecule has 2 aromatic carbocycles. The number of fused-ring (bicyclic) bond motifs is 1. The summed E-state index contributed by atoms with van der Waals surface area (Å²) >= 11 is 0. The Morgan fingerprint density at radius 1 is 0.955 bits per heavy atom. The molecule has 114 valence electrons. The van der Waals surface area contributed by atoms with Crippen LogP contribution in [-0.4, -0.2) is 4.57 Å². The lowest BCUT2D eigenvalue weighted by molar-refractivity contribution is 0.625. The van der Waals surface area contributed by atoms with Gasteiger partial charge in [-0.1, -0.05) is 75.2 Å². The van der Waals surface area contributed by atoms with Gasteiger partial charge in [0, 0.05) is 23.6 Å². The number of hydrogen-bond donors (Lipinski definition) is 0. The summed E-state index contributed by atoms with van der Waals surface area (Å²) in [6.07, 6.45) is 6.22. The van der Waals surface area contributed by atoms with E-state index in [-0.39, 0.29) is 0 Å². The number of nitrogens with zero attached hydrogens (tertiary/aromatic N) is 1. The summed E-state index contributed by atoms with van der Waals surface area (Å²) in [6.45, 7) is 5.58. The van der Waals surface area contributed by atoms with E-state index in [4.69, 9.17) is 0 Å². The maximum Gasteiger partial charge on any atom is 0.0486 e. The highest BCUT2D eigenvalue weighted by molar-refractivity contribution is 5.84. The highest BCUT2D eigenvalue weighted by Gasteiger charge is 2.13. The van der Waals surface area contributed by atoms with Crippen LogP contribution in [0.2, 0.25) is 0 Å². The second-order valence-electron chi connectivity index (χ2n) is 6.26. The summed E-state index contributed by atoms with van der Waals surface area (Å²) in [5.74, 6) is 0.627. The van der Waals surface area contributed by atoms with E-state index < -0.39 is 0 Å². The van der Waals surface area contributed by atoms with E-state index in [1.54, 1.807) is 0 Å². The Balaban J connectivity index is 1.97. The largest absolute Gasteiger partial charge is 0.343 e.